The molecule has 2 aromatic rings. The average Bonchev–Trinajstić information content (AvgIpc) is 3.08. The van der Waals surface area contributed by atoms with Crippen molar-refractivity contribution in [3.8, 4) is 0 Å². The first-order valence-corrected chi connectivity index (χ1v) is 10.1. The molecule has 2 aromatic heterocycles. The summed E-state index contributed by atoms with van der Waals surface area (Å²) in [6.45, 7) is 3.00. The molecule has 1 atom stereocenters. The van der Waals surface area contributed by atoms with Gasteiger partial charge in [0.25, 0.3) is 5.56 Å². The maximum Gasteiger partial charge on any atom is 0.261 e. The molecule has 0 bridgehead atoms. The molecule has 0 amide bonds. The van der Waals surface area contributed by atoms with Crippen molar-refractivity contribution < 1.29 is 0 Å². The fourth-order valence-corrected chi connectivity index (χ4v) is 4.89. The van der Waals surface area contributed by atoms with E-state index in [-0.39, 0.29) is 5.56 Å². The first-order chi connectivity index (χ1) is 11.7. The summed E-state index contributed by atoms with van der Waals surface area (Å²) >= 11 is 1.50. The van der Waals surface area contributed by atoms with Crippen molar-refractivity contribution in [3.63, 3.8) is 0 Å². The third-order valence-corrected chi connectivity index (χ3v) is 6.47. The van der Waals surface area contributed by atoms with Crippen LogP contribution in [0.3, 0.4) is 0 Å². The van der Waals surface area contributed by atoms with E-state index in [1.54, 1.807) is 6.20 Å². The van der Waals surface area contributed by atoms with Crippen molar-refractivity contribution in [1.82, 2.24) is 19.9 Å². The van der Waals surface area contributed by atoms with E-state index in [1.165, 1.54) is 37.4 Å². The number of hydrogen-bond acceptors (Lipinski definition) is 5. The fourth-order valence-electron chi connectivity index (χ4n) is 4.55. The summed E-state index contributed by atoms with van der Waals surface area (Å²) in [4.78, 5) is 21.6. The van der Waals surface area contributed by atoms with Crippen molar-refractivity contribution >= 4 is 22.7 Å². The zero-order valence-corrected chi connectivity index (χ0v) is 14.9. The van der Waals surface area contributed by atoms with Gasteiger partial charge < -0.3 is 9.88 Å². The predicted molar refractivity (Wildman–Crippen MR) is 97.5 cm³/mol. The summed E-state index contributed by atoms with van der Waals surface area (Å²) < 4.78 is 1.89. The highest BCUT2D eigenvalue weighted by Crippen LogP contribution is 2.47. The first-order valence-electron chi connectivity index (χ1n) is 8.83. The maximum absolute atomic E-state index is 12.9. The van der Waals surface area contributed by atoms with E-state index in [4.69, 9.17) is 0 Å². The summed E-state index contributed by atoms with van der Waals surface area (Å²) in [5.74, 6) is 0.586. The summed E-state index contributed by atoms with van der Waals surface area (Å²) in [6, 6.07) is 1.96. The molecule has 0 aromatic carbocycles. The molecular weight excluding hydrogens is 320 g/mol. The highest BCUT2D eigenvalue weighted by atomic mass is 32.2. The lowest BCUT2D eigenvalue weighted by Gasteiger charge is -2.42. The highest BCUT2D eigenvalue weighted by molar-refractivity contribution is 7.98. The van der Waals surface area contributed by atoms with Crippen LogP contribution in [0, 0.1) is 11.3 Å². The third kappa shape index (κ3) is 2.75. The van der Waals surface area contributed by atoms with Crippen molar-refractivity contribution in [2.75, 3.05) is 19.3 Å². The van der Waals surface area contributed by atoms with Crippen molar-refractivity contribution in [2.45, 2.75) is 43.8 Å². The molecule has 3 heterocycles. The molecule has 24 heavy (non-hydrogen) atoms. The number of piperidine rings is 1. The van der Waals surface area contributed by atoms with Crippen LogP contribution in [-0.4, -0.2) is 33.9 Å². The standard InChI is InChI=1S/C18H24N4OS/c1-24-17-20-10-14-15(21-17)5-9-22(16(14)23)11-13-4-8-19-12-18(13)6-2-3-7-18/h5,9-10,13,19H,2-4,6-8,11-12H2,1H3. The number of nitrogens with zero attached hydrogens (tertiary/aromatic N) is 3. The van der Waals surface area contributed by atoms with Gasteiger partial charge in [-0.05, 0) is 49.5 Å². The Bertz CT molecular complexity index is 797. The van der Waals surface area contributed by atoms with Gasteiger partial charge in [0.05, 0.1) is 10.9 Å². The molecule has 6 heteroatoms. The van der Waals surface area contributed by atoms with Crippen LogP contribution in [0.25, 0.3) is 10.9 Å². The molecular formula is C18H24N4OS. The molecule has 1 unspecified atom stereocenters. The lowest BCUT2D eigenvalue weighted by molar-refractivity contribution is 0.102. The molecule has 1 aliphatic carbocycles. The number of rotatable bonds is 3. The predicted octanol–water partition coefficient (Wildman–Crippen LogP) is 2.68. The van der Waals surface area contributed by atoms with Gasteiger partial charge in [-0.1, -0.05) is 24.6 Å². The summed E-state index contributed by atoms with van der Waals surface area (Å²) in [5.41, 5.74) is 1.19. The van der Waals surface area contributed by atoms with Gasteiger partial charge in [-0.25, -0.2) is 9.97 Å². The molecule has 1 spiro atoms. The van der Waals surface area contributed by atoms with Gasteiger partial charge in [0.15, 0.2) is 5.16 Å². The highest BCUT2D eigenvalue weighted by Gasteiger charge is 2.42. The molecule has 4 rings (SSSR count). The zero-order chi connectivity index (χ0) is 16.6. The summed E-state index contributed by atoms with van der Waals surface area (Å²) in [6.07, 6.45) is 12.0. The fraction of sp³-hybridized carbons (Fsp3) is 0.611. The molecule has 1 saturated carbocycles. The Kier molecular flexibility index (Phi) is 4.35. The van der Waals surface area contributed by atoms with Crippen LogP contribution in [0.5, 0.6) is 0 Å². The van der Waals surface area contributed by atoms with Crippen LogP contribution in [0.1, 0.15) is 32.1 Å². The summed E-state index contributed by atoms with van der Waals surface area (Å²) in [7, 11) is 0. The Balaban J connectivity index is 1.66. The second kappa shape index (κ2) is 6.48. The van der Waals surface area contributed by atoms with E-state index in [1.807, 2.05) is 23.1 Å². The Morgan fingerprint density at radius 3 is 3.04 bits per heavy atom. The minimum absolute atomic E-state index is 0.0480. The monoisotopic (exact) mass is 344 g/mol. The van der Waals surface area contributed by atoms with E-state index in [2.05, 4.69) is 15.3 Å². The van der Waals surface area contributed by atoms with E-state index in [0.29, 0.717) is 21.9 Å². The maximum atomic E-state index is 12.9. The molecule has 5 nitrogen and oxygen atoms in total. The SMILES string of the molecule is CSc1ncc2c(=O)n(CC3CCNCC34CCCC4)ccc2n1. The molecule has 1 aliphatic heterocycles. The molecule has 1 saturated heterocycles. The van der Waals surface area contributed by atoms with Gasteiger partial charge >= 0.3 is 0 Å². The van der Waals surface area contributed by atoms with Crippen LogP contribution < -0.4 is 10.9 Å². The molecule has 0 radical (unpaired) electrons. The van der Waals surface area contributed by atoms with E-state index in [9.17, 15) is 4.79 Å². The minimum Gasteiger partial charge on any atom is -0.316 e. The third-order valence-electron chi connectivity index (χ3n) is 5.91. The van der Waals surface area contributed by atoms with Crippen molar-refractivity contribution in [3.05, 3.63) is 28.8 Å². The van der Waals surface area contributed by atoms with Gasteiger partial charge in [0.1, 0.15) is 0 Å². The smallest absolute Gasteiger partial charge is 0.261 e. The summed E-state index contributed by atoms with van der Waals surface area (Å²) in [5, 5.41) is 4.92. The number of hydrogen-bond donors (Lipinski definition) is 1. The Morgan fingerprint density at radius 1 is 1.42 bits per heavy atom. The lowest BCUT2D eigenvalue weighted by Crippen LogP contribution is -2.47. The minimum atomic E-state index is 0.0480. The van der Waals surface area contributed by atoms with Gasteiger partial charge in [-0.3, -0.25) is 4.79 Å². The number of fused-ring (bicyclic) bond motifs is 1. The van der Waals surface area contributed by atoms with E-state index in [0.717, 1.165) is 31.6 Å². The van der Waals surface area contributed by atoms with Gasteiger partial charge in [0, 0.05) is 25.5 Å². The van der Waals surface area contributed by atoms with Crippen LogP contribution in [-0.2, 0) is 6.54 Å². The second-order valence-electron chi connectivity index (χ2n) is 7.16. The van der Waals surface area contributed by atoms with Crippen molar-refractivity contribution in [2.24, 2.45) is 11.3 Å². The molecule has 1 N–H and O–H groups in total. The van der Waals surface area contributed by atoms with E-state index < -0.39 is 0 Å². The number of aromatic nitrogens is 3. The van der Waals surface area contributed by atoms with Crippen LogP contribution in [0.2, 0.25) is 0 Å². The van der Waals surface area contributed by atoms with Gasteiger partial charge in [0.2, 0.25) is 0 Å². The normalized spacial score (nSPS) is 23.1. The van der Waals surface area contributed by atoms with Crippen molar-refractivity contribution in [1.29, 1.82) is 0 Å². The topological polar surface area (TPSA) is 59.8 Å². The number of nitrogens with one attached hydrogen (secondary N) is 1. The number of thioether (sulfide) groups is 1. The Morgan fingerprint density at radius 2 is 2.25 bits per heavy atom. The molecule has 128 valence electrons. The quantitative estimate of drug-likeness (QED) is 0.685. The average molecular weight is 344 g/mol. The van der Waals surface area contributed by atoms with Gasteiger partial charge in [-0.15, -0.1) is 0 Å². The van der Waals surface area contributed by atoms with Crippen LogP contribution in [0.4, 0.5) is 0 Å². The molecule has 2 fully saturated rings. The Labute approximate surface area is 146 Å². The molecule has 2 aliphatic rings. The lowest BCUT2D eigenvalue weighted by atomic mass is 9.70. The largest absolute Gasteiger partial charge is 0.316 e. The zero-order valence-electron chi connectivity index (χ0n) is 14.1. The van der Waals surface area contributed by atoms with Gasteiger partial charge in [-0.2, -0.15) is 0 Å². The number of pyridine rings is 1. The second-order valence-corrected chi connectivity index (χ2v) is 7.93. The van der Waals surface area contributed by atoms with Crippen LogP contribution in [0.15, 0.2) is 28.4 Å². The van der Waals surface area contributed by atoms with E-state index >= 15 is 0 Å². The van der Waals surface area contributed by atoms with Crippen LogP contribution >= 0.6 is 11.8 Å². The first kappa shape index (κ1) is 16.1. The Hall–Kier alpha value is -1.40.